The fourth-order valence-electron chi connectivity index (χ4n) is 1.75. The monoisotopic (exact) mass is 170 g/mol. The van der Waals surface area contributed by atoms with E-state index in [0.717, 1.165) is 12.8 Å². The molecule has 2 aliphatic rings. The predicted octanol–water partition coefficient (Wildman–Crippen LogP) is 0.618. The first kappa shape index (κ1) is 7.61. The number of aliphatic hydroxyl groups excluding tert-OH is 1. The average Bonchev–Trinajstić information content (AvgIpc) is 2.24. The Kier molecular flexibility index (Phi) is 1.41. The van der Waals surface area contributed by atoms with Crippen molar-refractivity contribution in [3.8, 4) is 0 Å². The van der Waals surface area contributed by atoms with E-state index >= 15 is 0 Å². The minimum absolute atomic E-state index is 0.360. The Bertz CT molecular complexity index is 268. The molecule has 1 fully saturated rings. The fraction of sp³-hybridized carbons (Fsp3) is 0.625. The van der Waals surface area contributed by atoms with Crippen molar-refractivity contribution < 1.29 is 19.7 Å². The van der Waals surface area contributed by atoms with Gasteiger partial charge in [-0.05, 0) is 19.3 Å². The molecule has 2 rings (SSSR count). The van der Waals surface area contributed by atoms with Gasteiger partial charge in [-0.1, -0.05) is 0 Å². The zero-order valence-electron chi connectivity index (χ0n) is 6.54. The third-order valence-electron chi connectivity index (χ3n) is 2.40. The third-order valence-corrected chi connectivity index (χ3v) is 2.40. The van der Waals surface area contributed by atoms with Gasteiger partial charge in [0.1, 0.15) is 0 Å². The van der Waals surface area contributed by atoms with Crippen LogP contribution in [0.1, 0.15) is 25.7 Å². The minimum Gasteiger partial charge on any atom is -0.502 e. The van der Waals surface area contributed by atoms with Crippen LogP contribution in [0.3, 0.4) is 0 Å². The molecule has 4 nitrogen and oxygen atoms in total. The Morgan fingerprint density at radius 3 is 2.83 bits per heavy atom. The minimum atomic E-state index is -1.49. The van der Waals surface area contributed by atoms with E-state index in [0.29, 0.717) is 18.4 Å². The van der Waals surface area contributed by atoms with Gasteiger partial charge >= 0.3 is 5.97 Å². The molecule has 66 valence electrons. The second kappa shape index (κ2) is 2.23. The van der Waals surface area contributed by atoms with Gasteiger partial charge in [-0.15, -0.1) is 0 Å². The Balaban J connectivity index is 2.40. The van der Waals surface area contributed by atoms with Crippen LogP contribution >= 0.6 is 0 Å². The largest absolute Gasteiger partial charge is 0.502 e. The molecule has 2 N–H and O–H groups in total. The third kappa shape index (κ3) is 0.845. The normalized spacial score (nSPS) is 34.9. The first-order valence-electron chi connectivity index (χ1n) is 4.02. The van der Waals surface area contributed by atoms with E-state index in [-0.39, 0.29) is 0 Å². The molecule has 0 aromatic carbocycles. The van der Waals surface area contributed by atoms with Crippen LogP contribution in [0.25, 0.3) is 0 Å². The Morgan fingerprint density at radius 2 is 2.17 bits per heavy atom. The summed E-state index contributed by atoms with van der Waals surface area (Å²) in [4.78, 5) is 10.9. The van der Waals surface area contributed by atoms with Gasteiger partial charge in [-0.3, -0.25) is 0 Å². The summed E-state index contributed by atoms with van der Waals surface area (Å²) < 4.78 is 4.66. The molecule has 1 aliphatic carbocycles. The number of ether oxygens (including phenoxy) is 1. The predicted molar refractivity (Wildman–Crippen MR) is 39.2 cm³/mol. The van der Waals surface area contributed by atoms with Crippen LogP contribution in [0, 0.1) is 0 Å². The van der Waals surface area contributed by atoms with E-state index in [9.17, 15) is 15.0 Å². The van der Waals surface area contributed by atoms with Crippen molar-refractivity contribution >= 4 is 5.97 Å². The van der Waals surface area contributed by atoms with E-state index < -0.39 is 17.5 Å². The quantitative estimate of drug-likeness (QED) is 0.523. The van der Waals surface area contributed by atoms with Crippen molar-refractivity contribution in [1.29, 1.82) is 0 Å². The highest BCUT2D eigenvalue weighted by Crippen LogP contribution is 2.40. The molecule has 0 amide bonds. The van der Waals surface area contributed by atoms with Crippen molar-refractivity contribution in [3.63, 3.8) is 0 Å². The van der Waals surface area contributed by atoms with Gasteiger partial charge in [-0.25, -0.2) is 4.79 Å². The zero-order valence-corrected chi connectivity index (χ0v) is 6.54. The standard InChI is InChI=1S/C8H10O4/c9-6-5-3-1-2-4-8(5,11)12-7(6)10/h9,11H,1-4H2. The number of carbonyl (C=O) groups excluding carboxylic acids is 1. The summed E-state index contributed by atoms with van der Waals surface area (Å²) >= 11 is 0. The maximum absolute atomic E-state index is 10.9. The molecule has 1 unspecified atom stereocenters. The van der Waals surface area contributed by atoms with Gasteiger partial charge in [0.05, 0.1) is 5.57 Å². The van der Waals surface area contributed by atoms with E-state index in [4.69, 9.17) is 0 Å². The first-order chi connectivity index (χ1) is 5.63. The lowest BCUT2D eigenvalue weighted by molar-refractivity contribution is -0.187. The number of carbonyl (C=O) groups is 1. The lowest BCUT2D eigenvalue weighted by Crippen LogP contribution is -2.34. The van der Waals surface area contributed by atoms with E-state index in [1.165, 1.54) is 0 Å². The highest BCUT2D eigenvalue weighted by Gasteiger charge is 2.47. The number of rotatable bonds is 0. The summed E-state index contributed by atoms with van der Waals surface area (Å²) in [6.07, 6.45) is 2.66. The van der Waals surface area contributed by atoms with Gasteiger partial charge in [0.2, 0.25) is 11.5 Å². The van der Waals surface area contributed by atoms with E-state index in [1.807, 2.05) is 0 Å². The zero-order chi connectivity index (χ0) is 8.77. The van der Waals surface area contributed by atoms with Crippen molar-refractivity contribution in [2.24, 2.45) is 0 Å². The summed E-state index contributed by atoms with van der Waals surface area (Å²) in [7, 11) is 0. The summed E-state index contributed by atoms with van der Waals surface area (Å²) in [6.45, 7) is 0. The van der Waals surface area contributed by atoms with Crippen LogP contribution in [-0.2, 0) is 9.53 Å². The summed E-state index contributed by atoms with van der Waals surface area (Å²) in [5, 5.41) is 18.9. The van der Waals surface area contributed by atoms with Crippen LogP contribution in [0.5, 0.6) is 0 Å². The molecule has 0 spiro atoms. The molecular formula is C8H10O4. The summed E-state index contributed by atoms with van der Waals surface area (Å²) in [6, 6.07) is 0. The number of hydrogen-bond donors (Lipinski definition) is 2. The van der Waals surface area contributed by atoms with Gasteiger partial charge in [0, 0.05) is 6.42 Å². The molecule has 0 radical (unpaired) electrons. The molecule has 4 heteroatoms. The fourth-order valence-corrected chi connectivity index (χ4v) is 1.75. The molecule has 12 heavy (non-hydrogen) atoms. The number of fused-ring (bicyclic) bond motifs is 1. The molecule has 0 saturated heterocycles. The van der Waals surface area contributed by atoms with Crippen LogP contribution in [-0.4, -0.2) is 22.0 Å². The molecule has 1 aliphatic heterocycles. The summed E-state index contributed by atoms with van der Waals surface area (Å²) in [5.41, 5.74) is 0.360. The molecule has 1 atom stereocenters. The van der Waals surface area contributed by atoms with E-state index in [1.54, 1.807) is 0 Å². The molecule has 0 bridgehead atoms. The van der Waals surface area contributed by atoms with Crippen LogP contribution in [0.4, 0.5) is 0 Å². The van der Waals surface area contributed by atoms with Gasteiger partial charge in [-0.2, -0.15) is 0 Å². The van der Waals surface area contributed by atoms with Crippen molar-refractivity contribution in [2.75, 3.05) is 0 Å². The second-order valence-electron chi connectivity index (χ2n) is 3.21. The molecule has 0 aromatic rings. The average molecular weight is 170 g/mol. The highest BCUT2D eigenvalue weighted by atomic mass is 16.7. The Labute approximate surface area is 69.5 Å². The maximum atomic E-state index is 10.9. The van der Waals surface area contributed by atoms with Gasteiger partial charge < -0.3 is 14.9 Å². The maximum Gasteiger partial charge on any atom is 0.376 e. The molecular weight excluding hydrogens is 160 g/mol. The second-order valence-corrected chi connectivity index (χ2v) is 3.21. The van der Waals surface area contributed by atoms with Crippen LogP contribution in [0.15, 0.2) is 11.3 Å². The lowest BCUT2D eigenvalue weighted by Gasteiger charge is -2.28. The number of aliphatic hydroxyl groups is 2. The summed E-state index contributed by atoms with van der Waals surface area (Å²) in [5.74, 6) is -2.68. The van der Waals surface area contributed by atoms with E-state index in [2.05, 4.69) is 4.74 Å². The van der Waals surface area contributed by atoms with Crippen molar-refractivity contribution in [3.05, 3.63) is 11.3 Å². The smallest absolute Gasteiger partial charge is 0.376 e. The SMILES string of the molecule is O=C1OC2(O)CCCCC2=C1O. The highest BCUT2D eigenvalue weighted by molar-refractivity contribution is 5.90. The molecule has 1 heterocycles. The van der Waals surface area contributed by atoms with Crippen LogP contribution in [0.2, 0.25) is 0 Å². The molecule has 0 aromatic heterocycles. The number of esters is 1. The Morgan fingerprint density at radius 1 is 1.42 bits per heavy atom. The molecule has 1 saturated carbocycles. The number of hydrogen-bond acceptors (Lipinski definition) is 4. The Hall–Kier alpha value is -1.03. The van der Waals surface area contributed by atoms with Crippen molar-refractivity contribution in [2.45, 2.75) is 31.5 Å². The lowest BCUT2D eigenvalue weighted by atomic mass is 9.89. The van der Waals surface area contributed by atoms with Gasteiger partial charge in [0.15, 0.2) is 0 Å². The van der Waals surface area contributed by atoms with Gasteiger partial charge in [0.25, 0.3) is 0 Å². The first-order valence-corrected chi connectivity index (χ1v) is 4.02. The topological polar surface area (TPSA) is 66.8 Å². The van der Waals surface area contributed by atoms with Crippen molar-refractivity contribution in [1.82, 2.24) is 0 Å². The van der Waals surface area contributed by atoms with Crippen LogP contribution < -0.4 is 0 Å².